The van der Waals surface area contributed by atoms with Crippen molar-refractivity contribution in [3.05, 3.63) is 24.0 Å². The summed E-state index contributed by atoms with van der Waals surface area (Å²) in [5, 5.41) is 0. The SMILES string of the molecule is CCC(=O)c1ccc(N2CCN(C)C(C)(C)C2)cn1. The van der Waals surface area contributed by atoms with E-state index in [9.17, 15) is 4.79 Å². The van der Waals surface area contributed by atoms with Crippen molar-refractivity contribution in [1.29, 1.82) is 0 Å². The van der Waals surface area contributed by atoms with Crippen LogP contribution in [0.5, 0.6) is 0 Å². The second kappa shape index (κ2) is 5.29. The Morgan fingerprint density at radius 2 is 2.11 bits per heavy atom. The molecule has 0 atom stereocenters. The number of nitrogens with zero attached hydrogens (tertiary/aromatic N) is 3. The molecule has 0 radical (unpaired) electrons. The topological polar surface area (TPSA) is 36.4 Å². The average molecular weight is 261 g/mol. The van der Waals surface area contributed by atoms with Gasteiger partial charge in [0.05, 0.1) is 11.9 Å². The molecule has 1 aromatic heterocycles. The van der Waals surface area contributed by atoms with Gasteiger partial charge in [-0.1, -0.05) is 6.92 Å². The molecule has 0 N–H and O–H groups in total. The predicted octanol–water partition coefficient (Wildman–Crippen LogP) is 2.20. The molecule has 0 bridgehead atoms. The number of rotatable bonds is 3. The summed E-state index contributed by atoms with van der Waals surface area (Å²) in [7, 11) is 2.17. The van der Waals surface area contributed by atoms with Gasteiger partial charge >= 0.3 is 0 Å². The summed E-state index contributed by atoms with van der Waals surface area (Å²) >= 11 is 0. The van der Waals surface area contributed by atoms with Crippen molar-refractivity contribution in [2.24, 2.45) is 0 Å². The molecule has 4 heteroatoms. The van der Waals surface area contributed by atoms with Crippen LogP contribution in [0.15, 0.2) is 18.3 Å². The molecule has 2 heterocycles. The molecular formula is C15H23N3O. The van der Waals surface area contributed by atoms with Crippen LogP contribution >= 0.6 is 0 Å². The Morgan fingerprint density at radius 3 is 2.63 bits per heavy atom. The summed E-state index contributed by atoms with van der Waals surface area (Å²) in [6.45, 7) is 9.39. The van der Waals surface area contributed by atoms with E-state index in [2.05, 4.69) is 35.7 Å². The molecule has 0 spiro atoms. The van der Waals surface area contributed by atoms with Gasteiger partial charge in [-0.15, -0.1) is 0 Å². The van der Waals surface area contributed by atoms with Crippen molar-refractivity contribution >= 4 is 11.5 Å². The summed E-state index contributed by atoms with van der Waals surface area (Å²) in [6.07, 6.45) is 2.33. The minimum absolute atomic E-state index is 0.102. The van der Waals surface area contributed by atoms with Crippen molar-refractivity contribution < 1.29 is 4.79 Å². The second-order valence-corrected chi connectivity index (χ2v) is 5.83. The summed E-state index contributed by atoms with van der Waals surface area (Å²) in [5.41, 5.74) is 1.84. The fraction of sp³-hybridized carbons (Fsp3) is 0.600. The van der Waals surface area contributed by atoms with Crippen LogP contribution < -0.4 is 4.90 Å². The number of piperazine rings is 1. The zero-order valence-corrected chi connectivity index (χ0v) is 12.3. The molecule has 4 nitrogen and oxygen atoms in total. The number of carbonyl (C=O) groups is 1. The Bertz CT molecular complexity index is 453. The fourth-order valence-corrected chi connectivity index (χ4v) is 2.38. The Morgan fingerprint density at radius 1 is 1.37 bits per heavy atom. The van der Waals surface area contributed by atoms with Crippen molar-refractivity contribution in [3.63, 3.8) is 0 Å². The van der Waals surface area contributed by atoms with E-state index in [0.717, 1.165) is 25.3 Å². The minimum Gasteiger partial charge on any atom is -0.367 e. The zero-order chi connectivity index (χ0) is 14.0. The van der Waals surface area contributed by atoms with Gasteiger partial charge in [0.2, 0.25) is 0 Å². The van der Waals surface area contributed by atoms with E-state index >= 15 is 0 Å². The molecule has 1 fully saturated rings. The third kappa shape index (κ3) is 2.95. The Hall–Kier alpha value is -1.42. The highest BCUT2D eigenvalue weighted by Crippen LogP contribution is 2.24. The van der Waals surface area contributed by atoms with Gasteiger partial charge in [-0.2, -0.15) is 0 Å². The Kier molecular flexibility index (Phi) is 3.90. The zero-order valence-electron chi connectivity index (χ0n) is 12.3. The van der Waals surface area contributed by atoms with Gasteiger partial charge in [0.1, 0.15) is 5.69 Å². The van der Waals surface area contributed by atoms with Crippen LogP contribution in [0.2, 0.25) is 0 Å². The van der Waals surface area contributed by atoms with Crippen molar-refractivity contribution in [2.45, 2.75) is 32.7 Å². The Labute approximate surface area is 115 Å². The largest absolute Gasteiger partial charge is 0.367 e. The fourth-order valence-electron chi connectivity index (χ4n) is 2.38. The molecular weight excluding hydrogens is 238 g/mol. The number of likely N-dealkylation sites (N-methyl/N-ethyl adjacent to an activating group) is 1. The normalized spacial score (nSPS) is 19.5. The molecule has 1 aliphatic heterocycles. The maximum atomic E-state index is 11.6. The van der Waals surface area contributed by atoms with Gasteiger partial charge in [-0.25, -0.2) is 0 Å². The molecule has 0 amide bonds. The van der Waals surface area contributed by atoms with E-state index in [0.29, 0.717) is 12.1 Å². The molecule has 0 aromatic carbocycles. The number of ketones is 1. The third-order valence-corrected chi connectivity index (χ3v) is 4.04. The quantitative estimate of drug-likeness (QED) is 0.782. The van der Waals surface area contributed by atoms with E-state index < -0.39 is 0 Å². The smallest absolute Gasteiger partial charge is 0.180 e. The van der Waals surface area contributed by atoms with Gasteiger partial charge in [-0.05, 0) is 33.0 Å². The van der Waals surface area contributed by atoms with Crippen LogP contribution in [0.25, 0.3) is 0 Å². The molecule has 0 unspecified atom stereocenters. The summed E-state index contributed by atoms with van der Waals surface area (Å²) in [6, 6.07) is 3.85. The predicted molar refractivity (Wildman–Crippen MR) is 77.8 cm³/mol. The number of hydrogen-bond donors (Lipinski definition) is 0. The van der Waals surface area contributed by atoms with E-state index in [1.54, 1.807) is 0 Å². The highest BCUT2D eigenvalue weighted by atomic mass is 16.1. The van der Waals surface area contributed by atoms with E-state index in [1.165, 1.54) is 0 Å². The lowest BCUT2D eigenvalue weighted by molar-refractivity contribution is 0.0983. The van der Waals surface area contributed by atoms with Crippen molar-refractivity contribution in [1.82, 2.24) is 9.88 Å². The van der Waals surface area contributed by atoms with E-state index in [-0.39, 0.29) is 11.3 Å². The van der Waals surface area contributed by atoms with Crippen molar-refractivity contribution in [2.75, 3.05) is 31.6 Å². The average Bonchev–Trinajstić information content (AvgIpc) is 2.41. The summed E-state index contributed by atoms with van der Waals surface area (Å²) < 4.78 is 0. The van der Waals surface area contributed by atoms with Crippen molar-refractivity contribution in [3.8, 4) is 0 Å². The molecule has 0 saturated carbocycles. The Balaban J connectivity index is 2.13. The van der Waals surface area contributed by atoms with Crippen LogP contribution in [0.1, 0.15) is 37.7 Å². The number of aromatic nitrogens is 1. The summed E-state index contributed by atoms with van der Waals surface area (Å²) in [5.74, 6) is 0.102. The third-order valence-electron chi connectivity index (χ3n) is 4.04. The molecule has 0 aliphatic carbocycles. The van der Waals surface area contributed by atoms with Crippen LogP contribution in [-0.2, 0) is 0 Å². The van der Waals surface area contributed by atoms with Gasteiger partial charge in [0, 0.05) is 31.6 Å². The number of pyridine rings is 1. The second-order valence-electron chi connectivity index (χ2n) is 5.83. The number of carbonyl (C=O) groups excluding carboxylic acids is 1. The van der Waals surface area contributed by atoms with Gasteiger partial charge in [0.25, 0.3) is 0 Å². The number of anilines is 1. The number of Topliss-reactive ketones (excluding diaryl/α,β-unsaturated/α-hetero) is 1. The minimum atomic E-state index is 0.102. The van der Waals surface area contributed by atoms with Crippen LogP contribution in [0.4, 0.5) is 5.69 Å². The lowest BCUT2D eigenvalue weighted by atomic mass is 9.99. The standard InChI is InChI=1S/C15H23N3O/c1-5-14(19)13-7-6-12(10-16-13)18-9-8-17(4)15(2,3)11-18/h6-7,10H,5,8-9,11H2,1-4H3. The van der Waals surface area contributed by atoms with Gasteiger partial charge < -0.3 is 4.90 Å². The monoisotopic (exact) mass is 261 g/mol. The molecule has 19 heavy (non-hydrogen) atoms. The molecule has 1 aliphatic rings. The van der Waals surface area contributed by atoms with Crippen LogP contribution in [0.3, 0.4) is 0 Å². The highest BCUT2D eigenvalue weighted by molar-refractivity contribution is 5.94. The summed E-state index contributed by atoms with van der Waals surface area (Å²) in [4.78, 5) is 20.6. The van der Waals surface area contributed by atoms with E-state index in [1.807, 2.05) is 25.3 Å². The van der Waals surface area contributed by atoms with E-state index in [4.69, 9.17) is 0 Å². The first-order chi connectivity index (χ1) is 8.94. The first-order valence-electron chi connectivity index (χ1n) is 6.89. The first-order valence-corrected chi connectivity index (χ1v) is 6.89. The lowest BCUT2D eigenvalue weighted by Gasteiger charge is -2.46. The first kappa shape index (κ1) is 14.0. The van der Waals surface area contributed by atoms with Crippen LogP contribution in [-0.4, -0.2) is 47.9 Å². The highest BCUT2D eigenvalue weighted by Gasteiger charge is 2.31. The molecule has 1 aromatic rings. The number of hydrogen-bond acceptors (Lipinski definition) is 4. The van der Waals surface area contributed by atoms with Gasteiger partial charge in [-0.3, -0.25) is 14.7 Å². The molecule has 1 saturated heterocycles. The molecule has 2 rings (SSSR count). The van der Waals surface area contributed by atoms with Gasteiger partial charge in [0.15, 0.2) is 5.78 Å². The molecule has 104 valence electrons. The lowest BCUT2D eigenvalue weighted by Crippen LogP contribution is -2.57. The van der Waals surface area contributed by atoms with Crippen LogP contribution in [0, 0.1) is 0 Å². The maximum absolute atomic E-state index is 11.6. The maximum Gasteiger partial charge on any atom is 0.180 e.